The van der Waals surface area contributed by atoms with Gasteiger partial charge >= 0.3 is 0 Å². The van der Waals surface area contributed by atoms with Gasteiger partial charge in [-0.2, -0.15) is 0 Å². The van der Waals surface area contributed by atoms with Crippen LogP contribution in [0.5, 0.6) is 5.75 Å². The fourth-order valence-electron chi connectivity index (χ4n) is 3.35. The highest BCUT2D eigenvalue weighted by molar-refractivity contribution is 6.07. The lowest BCUT2D eigenvalue weighted by Crippen LogP contribution is -2.25. The molecule has 1 aliphatic rings. The number of nitro groups is 1. The molecule has 1 unspecified atom stereocenters. The normalized spacial score (nSPS) is 13.5. The first-order valence-electron chi connectivity index (χ1n) is 9.47. The SMILES string of the molecule is CC(Nc1ccc(C(=O)c2nccn2C)cc1[N+](=O)[O-])c1ccc2c(c1)NC(=O)CO2. The monoisotopic (exact) mass is 421 g/mol. The minimum absolute atomic E-state index is 0.0321. The highest BCUT2D eigenvalue weighted by atomic mass is 16.6. The molecule has 1 aromatic heterocycles. The van der Waals surface area contributed by atoms with Crippen LogP contribution in [0.3, 0.4) is 0 Å². The zero-order valence-electron chi connectivity index (χ0n) is 16.8. The number of aryl methyl sites for hydroxylation is 1. The Bertz CT molecular complexity index is 1200. The zero-order chi connectivity index (χ0) is 22.1. The Labute approximate surface area is 177 Å². The Hall–Kier alpha value is -4.21. The molecule has 0 spiro atoms. The average molecular weight is 421 g/mol. The molecule has 1 amide bonds. The van der Waals surface area contributed by atoms with E-state index in [-0.39, 0.29) is 41.3 Å². The second-order valence-corrected chi connectivity index (χ2v) is 7.14. The number of rotatable bonds is 6. The number of fused-ring (bicyclic) bond motifs is 1. The van der Waals surface area contributed by atoms with Crippen molar-refractivity contribution in [1.82, 2.24) is 9.55 Å². The highest BCUT2D eigenvalue weighted by Crippen LogP contribution is 2.34. The number of ether oxygens (including phenoxy) is 1. The van der Waals surface area contributed by atoms with Gasteiger partial charge < -0.3 is 19.9 Å². The van der Waals surface area contributed by atoms with E-state index in [1.165, 1.54) is 24.4 Å². The molecule has 0 aliphatic carbocycles. The third kappa shape index (κ3) is 3.95. The predicted molar refractivity (Wildman–Crippen MR) is 112 cm³/mol. The number of carbonyl (C=O) groups excluding carboxylic acids is 2. The molecule has 2 aromatic carbocycles. The molecule has 0 radical (unpaired) electrons. The molecule has 10 nitrogen and oxygen atoms in total. The van der Waals surface area contributed by atoms with Crippen LogP contribution in [0.1, 0.15) is 34.7 Å². The summed E-state index contributed by atoms with van der Waals surface area (Å²) >= 11 is 0. The molecule has 4 rings (SSSR count). The van der Waals surface area contributed by atoms with Crippen LogP contribution in [0.15, 0.2) is 48.8 Å². The Balaban J connectivity index is 1.60. The molecule has 31 heavy (non-hydrogen) atoms. The van der Waals surface area contributed by atoms with E-state index in [1.54, 1.807) is 29.9 Å². The lowest BCUT2D eigenvalue weighted by Gasteiger charge is -2.21. The lowest BCUT2D eigenvalue weighted by molar-refractivity contribution is -0.384. The van der Waals surface area contributed by atoms with E-state index in [0.29, 0.717) is 11.4 Å². The Morgan fingerprint density at radius 1 is 1.32 bits per heavy atom. The summed E-state index contributed by atoms with van der Waals surface area (Å²) in [6.07, 6.45) is 3.12. The maximum absolute atomic E-state index is 12.6. The van der Waals surface area contributed by atoms with Gasteiger partial charge in [0.25, 0.3) is 11.6 Å². The predicted octanol–water partition coefficient (Wildman–Crippen LogP) is 3.06. The van der Waals surface area contributed by atoms with Gasteiger partial charge in [0, 0.05) is 37.1 Å². The Morgan fingerprint density at radius 2 is 2.13 bits per heavy atom. The van der Waals surface area contributed by atoms with Gasteiger partial charge in [-0.3, -0.25) is 19.7 Å². The second-order valence-electron chi connectivity index (χ2n) is 7.14. The van der Waals surface area contributed by atoms with Crippen molar-refractivity contribution in [2.24, 2.45) is 7.05 Å². The molecular formula is C21H19N5O5. The van der Waals surface area contributed by atoms with E-state index in [0.717, 1.165) is 5.56 Å². The van der Waals surface area contributed by atoms with E-state index >= 15 is 0 Å². The lowest BCUT2D eigenvalue weighted by atomic mass is 10.0. The number of anilines is 2. The van der Waals surface area contributed by atoms with Gasteiger partial charge in [-0.1, -0.05) is 6.07 Å². The van der Waals surface area contributed by atoms with E-state index in [4.69, 9.17) is 4.74 Å². The number of hydrogen-bond donors (Lipinski definition) is 2. The van der Waals surface area contributed by atoms with Crippen molar-refractivity contribution in [2.45, 2.75) is 13.0 Å². The van der Waals surface area contributed by atoms with Gasteiger partial charge in [-0.05, 0) is 36.8 Å². The summed E-state index contributed by atoms with van der Waals surface area (Å²) in [5.41, 5.74) is 1.57. The van der Waals surface area contributed by atoms with E-state index < -0.39 is 10.7 Å². The largest absolute Gasteiger partial charge is 0.482 e. The highest BCUT2D eigenvalue weighted by Gasteiger charge is 2.23. The van der Waals surface area contributed by atoms with Crippen LogP contribution < -0.4 is 15.4 Å². The van der Waals surface area contributed by atoms with Crippen molar-refractivity contribution < 1.29 is 19.2 Å². The molecular weight excluding hydrogens is 402 g/mol. The molecule has 0 saturated heterocycles. The number of amides is 1. The van der Waals surface area contributed by atoms with Crippen LogP contribution in [0.25, 0.3) is 0 Å². The van der Waals surface area contributed by atoms with Gasteiger partial charge in [0.15, 0.2) is 12.4 Å². The first-order chi connectivity index (χ1) is 14.8. The molecule has 0 fully saturated rings. The third-order valence-corrected chi connectivity index (χ3v) is 4.99. The van der Waals surface area contributed by atoms with Crippen LogP contribution in [-0.2, 0) is 11.8 Å². The third-order valence-electron chi connectivity index (χ3n) is 4.99. The number of nitrogens with one attached hydrogen (secondary N) is 2. The number of benzene rings is 2. The maximum atomic E-state index is 12.6. The summed E-state index contributed by atoms with van der Waals surface area (Å²) in [4.78, 5) is 39.3. The Morgan fingerprint density at radius 3 is 2.84 bits per heavy atom. The van der Waals surface area contributed by atoms with Gasteiger partial charge in [0.2, 0.25) is 5.78 Å². The fourth-order valence-corrected chi connectivity index (χ4v) is 3.35. The van der Waals surface area contributed by atoms with Crippen LogP contribution in [0, 0.1) is 10.1 Å². The summed E-state index contributed by atoms with van der Waals surface area (Å²) in [6.45, 7) is 1.81. The fraction of sp³-hybridized carbons (Fsp3) is 0.190. The zero-order valence-corrected chi connectivity index (χ0v) is 16.8. The standard InChI is InChI=1S/C21H19N5O5/c1-12(13-4-6-18-16(9-13)24-19(27)11-31-18)23-15-5-3-14(10-17(15)26(29)30)20(28)21-22-7-8-25(21)2/h3-10,12,23H,11H2,1-2H3,(H,24,27). The number of aromatic nitrogens is 2. The summed E-state index contributed by atoms with van der Waals surface area (Å²) in [5, 5.41) is 17.5. The first-order valence-corrected chi connectivity index (χ1v) is 9.47. The minimum atomic E-state index is -0.537. The van der Waals surface area contributed by atoms with Crippen molar-refractivity contribution in [2.75, 3.05) is 17.2 Å². The molecule has 0 saturated carbocycles. The van der Waals surface area contributed by atoms with E-state index in [2.05, 4.69) is 15.6 Å². The molecule has 10 heteroatoms. The summed E-state index contributed by atoms with van der Waals surface area (Å²) in [6, 6.07) is 9.28. The number of ketones is 1. The molecule has 1 aliphatic heterocycles. The van der Waals surface area contributed by atoms with E-state index in [9.17, 15) is 19.7 Å². The molecule has 2 N–H and O–H groups in total. The summed E-state index contributed by atoms with van der Waals surface area (Å²) < 4.78 is 6.91. The van der Waals surface area contributed by atoms with Gasteiger partial charge in [-0.25, -0.2) is 4.98 Å². The van der Waals surface area contributed by atoms with Crippen LogP contribution in [-0.4, -0.2) is 32.8 Å². The Kier molecular flexibility index (Phi) is 5.12. The maximum Gasteiger partial charge on any atom is 0.293 e. The van der Waals surface area contributed by atoms with Crippen molar-refractivity contribution in [1.29, 1.82) is 0 Å². The van der Waals surface area contributed by atoms with E-state index in [1.807, 2.05) is 13.0 Å². The first kappa shape index (κ1) is 20.1. The number of imidazole rings is 1. The van der Waals surface area contributed by atoms with Gasteiger partial charge in [0.1, 0.15) is 11.4 Å². The van der Waals surface area contributed by atoms with Crippen molar-refractivity contribution >= 4 is 28.8 Å². The van der Waals surface area contributed by atoms with Gasteiger partial charge in [0.05, 0.1) is 10.6 Å². The summed E-state index contributed by atoms with van der Waals surface area (Å²) in [5.74, 6) is 0.120. The van der Waals surface area contributed by atoms with Crippen molar-refractivity contribution in [3.63, 3.8) is 0 Å². The number of carbonyl (C=O) groups is 2. The quantitative estimate of drug-likeness (QED) is 0.355. The average Bonchev–Trinajstić information content (AvgIpc) is 3.18. The second kappa shape index (κ2) is 7.90. The molecule has 1 atom stereocenters. The number of hydrogen-bond acceptors (Lipinski definition) is 7. The van der Waals surface area contributed by atoms with Crippen LogP contribution in [0.2, 0.25) is 0 Å². The van der Waals surface area contributed by atoms with Crippen LogP contribution in [0.4, 0.5) is 17.1 Å². The van der Waals surface area contributed by atoms with Gasteiger partial charge in [-0.15, -0.1) is 0 Å². The summed E-state index contributed by atoms with van der Waals surface area (Å²) in [7, 11) is 1.68. The number of nitro benzene ring substituents is 1. The van der Waals surface area contributed by atoms with Crippen LogP contribution >= 0.6 is 0 Å². The topological polar surface area (TPSA) is 128 Å². The molecule has 0 bridgehead atoms. The van der Waals surface area contributed by atoms with Crippen molar-refractivity contribution in [3.8, 4) is 5.75 Å². The number of nitrogens with zero attached hydrogens (tertiary/aromatic N) is 3. The molecule has 2 heterocycles. The minimum Gasteiger partial charge on any atom is -0.482 e. The smallest absolute Gasteiger partial charge is 0.293 e. The molecule has 3 aromatic rings. The molecule has 158 valence electrons. The van der Waals surface area contributed by atoms with Crippen molar-refractivity contribution in [3.05, 3.63) is 75.9 Å².